The number of ether oxygens (including phenoxy) is 1. The van der Waals surface area contributed by atoms with E-state index in [1.54, 1.807) is 0 Å². The third-order valence-corrected chi connectivity index (χ3v) is 5.93. The lowest BCUT2D eigenvalue weighted by Gasteiger charge is -2.24. The quantitative estimate of drug-likeness (QED) is 0.459. The van der Waals surface area contributed by atoms with Gasteiger partial charge in [0.2, 0.25) is 5.91 Å². The van der Waals surface area contributed by atoms with Crippen LogP contribution in [0.1, 0.15) is 41.5 Å². The maximum absolute atomic E-state index is 12.9. The molecule has 0 spiro atoms. The highest BCUT2D eigenvalue weighted by molar-refractivity contribution is 7.98. The van der Waals surface area contributed by atoms with Crippen LogP contribution in [0, 0.1) is 6.92 Å². The number of anilines is 1. The number of H-pyrrole nitrogens is 1. The molecule has 1 aromatic heterocycles. The summed E-state index contributed by atoms with van der Waals surface area (Å²) in [7, 11) is 0. The number of nitrogens with one attached hydrogen (secondary N) is 2. The van der Waals surface area contributed by atoms with E-state index in [1.165, 1.54) is 17.3 Å². The van der Waals surface area contributed by atoms with Crippen molar-refractivity contribution >= 4 is 23.5 Å². The summed E-state index contributed by atoms with van der Waals surface area (Å²) in [6.07, 6.45) is 0.210. The Morgan fingerprint density at radius 3 is 2.70 bits per heavy atom. The number of aromatic nitrogens is 2. The number of rotatable bonds is 6. The molecule has 7 heteroatoms. The molecule has 0 bridgehead atoms. The average Bonchev–Trinajstić information content (AvgIpc) is 2.72. The lowest BCUT2D eigenvalue weighted by molar-refractivity contribution is -0.116. The molecule has 0 radical (unpaired) electrons. The highest BCUT2D eigenvalue weighted by Crippen LogP contribution is 2.35. The molecule has 2 heterocycles. The number of nitrogens with zero attached hydrogens (tertiary/aromatic N) is 1. The number of fused-ring (bicyclic) bond motifs is 1. The molecule has 0 fully saturated rings. The van der Waals surface area contributed by atoms with Gasteiger partial charge in [0.15, 0.2) is 5.16 Å². The first kappa shape index (κ1) is 20.2. The van der Waals surface area contributed by atoms with Crippen LogP contribution in [0.5, 0.6) is 5.75 Å². The number of carbonyl (C=O) groups excluding carboxylic acids is 1. The monoisotopic (exact) mass is 421 g/mol. The Bertz CT molecular complexity index is 1130. The predicted octanol–water partition coefficient (Wildman–Crippen LogP) is 4.24. The largest absolute Gasteiger partial charge is 0.494 e. The number of thioether (sulfide) groups is 1. The second kappa shape index (κ2) is 8.75. The molecule has 4 rings (SSSR count). The van der Waals surface area contributed by atoms with E-state index in [1.807, 2.05) is 56.3 Å². The fourth-order valence-electron chi connectivity index (χ4n) is 3.62. The van der Waals surface area contributed by atoms with Gasteiger partial charge in [0, 0.05) is 18.1 Å². The van der Waals surface area contributed by atoms with E-state index in [2.05, 4.69) is 21.4 Å². The minimum atomic E-state index is -0.337. The van der Waals surface area contributed by atoms with Crippen molar-refractivity contribution < 1.29 is 9.53 Å². The van der Waals surface area contributed by atoms with Crippen molar-refractivity contribution in [3.63, 3.8) is 0 Å². The highest BCUT2D eigenvalue weighted by Gasteiger charge is 2.31. The smallest absolute Gasteiger partial charge is 0.257 e. The summed E-state index contributed by atoms with van der Waals surface area (Å²) in [5.41, 5.74) is 3.51. The number of aromatic amines is 1. The summed E-state index contributed by atoms with van der Waals surface area (Å²) in [6, 6.07) is 15.7. The molecule has 0 saturated carbocycles. The van der Waals surface area contributed by atoms with Crippen LogP contribution in [0.25, 0.3) is 0 Å². The van der Waals surface area contributed by atoms with Crippen molar-refractivity contribution in [1.29, 1.82) is 0 Å². The third-order valence-electron chi connectivity index (χ3n) is 4.98. The van der Waals surface area contributed by atoms with Gasteiger partial charge in [-0.15, -0.1) is 0 Å². The van der Waals surface area contributed by atoms with Crippen molar-refractivity contribution in [2.45, 2.75) is 37.1 Å². The molecular weight excluding hydrogens is 398 g/mol. The summed E-state index contributed by atoms with van der Waals surface area (Å²) in [4.78, 5) is 32.7. The van der Waals surface area contributed by atoms with Crippen LogP contribution in [0.4, 0.5) is 5.82 Å². The normalized spacial score (nSPS) is 15.4. The summed E-state index contributed by atoms with van der Waals surface area (Å²) in [5.74, 6) is 1.31. The number of carbonyl (C=O) groups is 1. The Balaban J connectivity index is 1.61. The zero-order valence-electron chi connectivity index (χ0n) is 16.9. The maximum atomic E-state index is 12.9. The number of aryl methyl sites for hydroxylation is 1. The lowest BCUT2D eigenvalue weighted by atomic mass is 9.87. The molecule has 3 aromatic rings. The molecule has 154 valence electrons. The fraction of sp³-hybridized carbons (Fsp3) is 0.261. The van der Waals surface area contributed by atoms with E-state index < -0.39 is 0 Å². The van der Waals surface area contributed by atoms with E-state index in [0.29, 0.717) is 28.9 Å². The third kappa shape index (κ3) is 4.41. The van der Waals surface area contributed by atoms with Crippen LogP contribution in [-0.4, -0.2) is 22.5 Å². The first-order chi connectivity index (χ1) is 14.5. The van der Waals surface area contributed by atoms with Crippen LogP contribution in [0.3, 0.4) is 0 Å². The maximum Gasteiger partial charge on any atom is 0.257 e. The van der Waals surface area contributed by atoms with Gasteiger partial charge in [-0.3, -0.25) is 9.59 Å². The Morgan fingerprint density at radius 1 is 1.17 bits per heavy atom. The molecule has 1 aliphatic rings. The Kier molecular flexibility index (Phi) is 5.90. The molecule has 1 amide bonds. The van der Waals surface area contributed by atoms with E-state index in [9.17, 15) is 9.59 Å². The first-order valence-electron chi connectivity index (χ1n) is 9.88. The molecule has 1 atom stereocenters. The SMILES string of the molecule is CCOc1ccc(C2CC(=O)Nc3nc(SCc4cccc(C)c4)[nH]c(=O)c32)cc1. The Hall–Kier alpha value is -3.06. The van der Waals surface area contributed by atoms with E-state index in [0.717, 1.165) is 16.9 Å². The van der Waals surface area contributed by atoms with Gasteiger partial charge in [-0.2, -0.15) is 0 Å². The molecule has 6 nitrogen and oxygen atoms in total. The predicted molar refractivity (Wildman–Crippen MR) is 118 cm³/mol. The van der Waals surface area contributed by atoms with Crippen LogP contribution in [0.15, 0.2) is 58.5 Å². The average molecular weight is 422 g/mol. The van der Waals surface area contributed by atoms with Gasteiger partial charge in [-0.1, -0.05) is 53.7 Å². The van der Waals surface area contributed by atoms with Gasteiger partial charge in [-0.05, 0) is 37.1 Å². The van der Waals surface area contributed by atoms with Gasteiger partial charge in [0.05, 0.1) is 12.2 Å². The Labute approximate surface area is 179 Å². The molecule has 30 heavy (non-hydrogen) atoms. The zero-order valence-corrected chi connectivity index (χ0v) is 17.7. The fourth-order valence-corrected chi connectivity index (χ4v) is 4.42. The number of hydrogen-bond acceptors (Lipinski definition) is 5. The zero-order chi connectivity index (χ0) is 21.1. The van der Waals surface area contributed by atoms with Crippen molar-refractivity contribution in [3.8, 4) is 5.75 Å². The van der Waals surface area contributed by atoms with Crippen LogP contribution in [-0.2, 0) is 10.5 Å². The van der Waals surface area contributed by atoms with Crippen LogP contribution >= 0.6 is 11.8 Å². The minimum Gasteiger partial charge on any atom is -0.494 e. The van der Waals surface area contributed by atoms with Gasteiger partial charge in [-0.25, -0.2) is 4.98 Å². The first-order valence-corrected chi connectivity index (χ1v) is 10.9. The van der Waals surface area contributed by atoms with E-state index in [4.69, 9.17) is 4.74 Å². The summed E-state index contributed by atoms with van der Waals surface area (Å²) < 4.78 is 5.49. The van der Waals surface area contributed by atoms with Crippen molar-refractivity contribution in [2.75, 3.05) is 11.9 Å². The molecule has 2 aromatic carbocycles. The van der Waals surface area contributed by atoms with Crippen LogP contribution in [0.2, 0.25) is 0 Å². The van der Waals surface area contributed by atoms with E-state index >= 15 is 0 Å². The van der Waals surface area contributed by atoms with Gasteiger partial charge in [0.1, 0.15) is 11.6 Å². The van der Waals surface area contributed by atoms with Crippen LogP contribution < -0.4 is 15.6 Å². The Morgan fingerprint density at radius 2 is 1.97 bits per heavy atom. The highest BCUT2D eigenvalue weighted by atomic mass is 32.2. The van der Waals surface area contributed by atoms with Gasteiger partial charge >= 0.3 is 0 Å². The lowest BCUT2D eigenvalue weighted by Crippen LogP contribution is -2.31. The standard InChI is InChI=1S/C23H23N3O3S/c1-3-29-17-9-7-16(8-10-17)18-12-19(27)24-21-20(18)22(28)26-23(25-21)30-13-15-6-4-5-14(2)11-15/h4-11,18H,3,12-13H2,1-2H3,(H2,24,25,26,27,28). The number of benzene rings is 2. The van der Waals surface area contributed by atoms with Crippen molar-refractivity contribution in [1.82, 2.24) is 9.97 Å². The second-order valence-electron chi connectivity index (χ2n) is 7.22. The summed E-state index contributed by atoms with van der Waals surface area (Å²) >= 11 is 1.44. The van der Waals surface area contributed by atoms with Crippen molar-refractivity contribution in [3.05, 3.63) is 81.1 Å². The molecule has 0 aliphatic carbocycles. The molecule has 2 N–H and O–H groups in total. The summed E-state index contributed by atoms with van der Waals surface area (Å²) in [5, 5.41) is 3.27. The number of amides is 1. The number of hydrogen-bond donors (Lipinski definition) is 2. The molecule has 1 unspecified atom stereocenters. The molecule has 0 saturated heterocycles. The van der Waals surface area contributed by atoms with Gasteiger partial charge in [0.25, 0.3) is 5.56 Å². The van der Waals surface area contributed by atoms with Crippen molar-refractivity contribution in [2.24, 2.45) is 0 Å². The minimum absolute atomic E-state index is 0.144. The summed E-state index contributed by atoms with van der Waals surface area (Å²) in [6.45, 7) is 4.56. The second-order valence-corrected chi connectivity index (χ2v) is 8.18. The van der Waals surface area contributed by atoms with E-state index in [-0.39, 0.29) is 23.8 Å². The van der Waals surface area contributed by atoms with Gasteiger partial charge < -0.3 is 15.0 Å². The molecular formula is C23H23N3O3S. The topological polar surface area (TPSA) is 84.1 Å². The molecule has 1 aliphatic heterocycles.